The molecule has 0 unspecified atom stereocenters. The van der Waals surface area contributed by atoms with Crippen molar-refractivity contribution in [1.82, 2.24) is 25.1 Å². The third-order valence-electron chi connectivity index (χ3n) is 6.13. The maximum absolute atomic E-state index is 14.1. The van der Waals surface area contributed by atoms with E-state index in [2.05, 4.69) is 20.4 Å². The summed E-state index contributed by atoms with van der Waals surface area (Å²) >= 11 is 0. The van der Waals surface area contributed by atoms with Gasteiger partial charge in [-0.2, -0.15) is 18.3 Å². The van der Waals surface area contributed by atoms with E-state index in [4.69, 9.17) is 4.74 Å². The Labute approximate surface area is 204 Å². The summed E-state index contributed by atoms with van der Waals surface area (Å²) in [5.74, 6) is 0.405. The summed E-state index contributed by atoms with van der Waals surface area (Å²) in [5.41, 5.74) is -3.90. The molecule has 2 N–H and O–H groups in total. The molecule has 10 nitrogen and oxygen atoms in total. The van der Waals surface area contributed by atoms with Crippen LogP contribution in [0, 0.1) is 0 Å². The number of ether oxygens (including phenoxy) is 1. The van der Waals surface area contributed by atoms with Gasteiger partial charge in [0.25, 0.3) is 5.56 Å². The van der Waals surface area contributed by atoms with Gasteiger partial charge in [-0.3, -0.25) is 9.59 Å². The number of carbonyl (C=O) groups is 1. The van der Waals surface area contributed by atoms with Gasteiger partial charge in [-0.1, -0.05) is 0 Å². The first-order chi connectivity index (χ1) is 17.1. The van der Waals surface area contributed by atoms with E-state index in [1.807, 2.05) is 4.90 Å². The van der Waals surface area contributed by atoms with Crippen molar-refractivity contribution in [2.24, 2.45) is 0 Å². The summed E-state index contributed by atoms with van der Waals surface area (Å²) in [6.45, 7) is 3.75. The van der Waals surface area contributed by atoms with E-state index in [-0.39, 0.29) is 25.5 Å². The van der Waals surface area contributed by atoms with E-state index in [1.54, 1.807) is 16.9 Å². The Kier molecular flexibility index (Phi) is 7.43. The fourth-order valence-electron chi connectivity index (χ4n) is 3.94. The summed E-state index contributed by atoms with van der Waals surface area (Å²) in [7, 11) is 0. The molecule has 0 radical (unpaired) electrons. The maximum atomic E-state index is 14.1. The number of anilines is 2. The molecular weight excluding hydrogens is 486 g/mol. The van der Waals surface area contributed by atoms with Gasteiger partial charge in [-0.25, -0.2) is 19.5 Å². The number of nitrogens with zero attached hydrogens (tertiary/aromatic N) is 5. The number of aromatic amines is 1. The second kappa shape index (κ2) is 10.4. The fraction of sp³-hybridized carbons (Fsp3) is 0.591. The lowest BCUT2D eigenvalue weighted by Crippen LogP contribution is -2.49. The summed E-state index contributed by atoms with van der Waals surface area (Å²) in [6, 6.07) is -0.563. The smallest absolute Gasteiger partial charge is 0.379 e. The quantitative estimate of drug-likeness (QED) is 0.387. The van der Waals surface area contributed by atoms with Crippen LogP contribution in [0.4, 0.5) is 29.2 Å². The van der Waals surface area contributed by atoms with E-state index in [1.165, 1.54) is 12.4 Å². The molecule has 36 heavy (non-hydrogen) atoms. The highest BCUT2D eigenvalue weighted by Gasteiger charge is 2.45. The van der Waals surface area contributed by atoms with Crippen molar-refractivity contribution in [1.29, 1.82) is 0 Å². The Morgan fingerprint density at radius 3 is 2.47 bits per heavy atom. The number of aromatic nitrogens is 4. The van der Waals surface area contributed by atoms with Crippen LogP contribution in [0.1, 0.15) is 37.3 Å². The van der Waals surface area contributed by atoms with E-state index in [9.17, 15) is 27.2 Å². The number of hydrogen-bond acceptors (Lipinski definition) is 8. The van der Waals surface area contributed by atoms with Crippen LogP contribution in [-0.4, -0.2) is 76.4 Å². The molecule has 14 heteroatoms. The molecular formula is C22H27F4N7O3. The minimum Gasteiger partial charge on any atom is -0.379 e. The van der Waals surface area contributed by atoms with Crippen LogP contribution < -0.4 is 15.8 Å². The number of alkyl halides is 4. The van der Waals surface area contributed by atoms with Crippen LogP contribution in [0.2, 0.25) is 0 Å². The number of piperazine rings is 1. The first-order valence-corrected chi connectivity index (χ1v) is 11.6. The van der Waals surface area contributed by atoms with Crippen molar-refractivity contribution in [3.8, 4) is 0 Å². The largest absolute Gasteiger partial charge is 0.423 e. The highest BCUT2D eigenvalue weighted by Crippen LogP contribution is 2.49. The highest BCUT2D eigenvalue weighted by atomic mass is 19.4. The topological polar surface area (TPSA) is 116 Å². The maximum Gasteiger partial charge on any atom is 0.423 e. The predicted octanol–water partition coefficient (Wildman–Crippen LogP) is 2.09. The number of carbonyl (C=O) groups excluding carboxylic acids is 1. The second-order valence-electron chi connectivity index (χ2n) is 8.96. The number of H-pyrrole nitrogens is 1. The molecule has 1 amide bonds. The zero-order valence-electron chi connectivity index (χ0n) is 19.6. The molecule has 1 aliphatic heterocycles. The normalized spacial score (nSPS) is 18.1. The second-order valence-corrected chi connectivity index (χ2v) is 8.96. The molecule has 1 atom stereocenters. The zero-order chi connectivity index (χ0) is 25.9. The predicted molar refractivity (Wildman–Crippen MR) is 121 cm³/mol. The Hall–Kier alpha value is -3.29. The van der Waals surface area contributed by atoms with Crippen LogP contribution in [0.3, 0.4) is 0 Å². The van der Waals surface area contributed by atoms with Crippen molar-refractivity contribution in [3.05, 3.63) is 40.1 Å². The fourth-order valence-corrected chi connectivity index (χ4v) is 3.94. The number of amides is 1. The summed E-state index contributed by atoms with van der Waals surface area (Å²) in [6.07, 6.45) is 0.233. The summed E-state index contributed by atoms with van der Waals surface area (Å²) < 4.78 is 58.9. The number of nitrogens with one attached hydrogen (secondary N) is 2. The Morgan fingerprint density at radius 1 is 1.19 bits per heavy atom. The Balaban J connectivity index is 1.17. The van der Waals surface area contributed by atoms with Gasteiger partial charge in [-0.05, 0) is 19.8 Å². The van der Waals surface area contributed by atoms with Crippen LogP contribution in [0.15, 0.2) is 23.4 Å². The molecule has 0 aromatic carbocycles. The molecule has 1 aliphatic carbocycles. The van der Waals surface area contributed by atoms with E-state index in [0.29, 0.717) is 50.5 Å². The van der Waals surface area contributed by atoms with Crippen molar-refractivity contribution < 1.29 is 27.1 Å². The summed E-state index contributed by atoms with van der Waals surface area (Å²) in [5, 5.41) is 7.77. The van der Waals surface area contributed by atoms with Gasteiger partial charge in [0, 0.05) is 50.2 Å². The van der Waals surface area contributed by atoms with Gasteiger partial charge < -0.3 is 19.9 Å². The van der Waals surface area contributed by atoms with Crippen LogP contribution in [0.5, 0.6) is 0 Å². The molecule has 0 bridgehead atoms. The molecule has 3 heterocycles. The van der Waals surface area contributed by atoms with Crippen LogP contribution in [0.25, 0.3) is 0 Å². The molecule has 1 saturated carbocycles. The van der Waals surface area contributed by atoms with E-state index < -0.39 is 34.7 Å². The molecule has 2 aromatic rings. The monoisotopic (exact) mass is 513 g/mol. The Morgan fingerprint density at radius 2 is 1.86 bits per heavy atom. The minimum absolute atomic E-state index is 0.0264. The third kappa shape index (κ3) is 6.09. The number of halogens is 4. The van der Waals surface area contributed by atoms with Crippen molar-refractivity contribution >= 4 is 17.5 Å². The molecule has 2 aliphatic rings. The standard InChI is InChI=1S/C22H27F4N7O3/c1-14(30-16-12-29-31-19(35)18(16)22(24,25)26)13-36-9-2-17(34)32-5-7-33(8-6-32)20-27-10-15(11-28-20)21(23)3-4-21/h10-12,14H,2-9,13H2,1H3,(H2,30,31,35)/t14-/m0/s1. The lowest BCUT2D eigenvalue weighted by atomic mass is 10.2. The molecule has 1 saturated heterocycles. The van der Waals surface area contributed by atoms with Gasteiger partial charge in [0.15, 0.2) is 0 Å². The van der Waals surface area contributed by atoms with Gasteiger partial charge in [0.2, 0.25) is 11.9 Å². The summed E-state index contributed by atoms with van der Waals surface area (Å²) in [4.78, 5) is 36.2. The van der Waals surface area contributed by atoms with Gasteiger partial charge in [-0.15, -0.1) is 0 Å². The van der Waals surface area contributed by atoms with Crippen LogP contribution in [-0.2, 0) is 21.4 Å². The van der Waals surface area contributed by atoms with Crippen molar-refractivity contribution in [2.75, 3.05) is 49.6 Å². The minimum atomic E-state index is -4.83. The number of hydrogen-bond donors (Lipinski definition) is 2. The van der Waals surface area contributed by atoms with Crippen molar-refractivity contribution in [2.45, 2.75) is 44.1 Å². The van der Waals surface area contributed by atoms with E-state index in [0.717, 1.165) is 6.20 Å². The zero-order valence-corrected chi connectivity index (χ0v) is 19.6. The molecule has 4 rings (SSSR count). The molecule has 196 valence electrons. The SMILES string of the molecule is C[C@@H](COCCC(=O)N1CCN(c2ncc(C3(F)CC3)cn2)CC1)Nc1cn[nH]c(=O)c1C(F)(F)F. The number of rotatable bonds is 9. The average molecular weight is 513 g/mol. The average Bonchev–Trinajstić information content (AvgIpc) is 3.59. The Bertz CT molecular complexity index is 1110. The van der Waals surface area contributed by atoms with Gasteiger partial charge in [0.05, 0.1) is 31.5 Å². The lowest BCUT2D eigenvalue weighted by molar-refractivity contribution is -0.138. The van der Waals surface area contributed by atoms with Crippen molar-refractivity contribution in [3.63, 3.8) is 0 Å². The van der Waals surface area contributed by atoms with E-state index >= 15 is 0 Å². The van der Waals surface area contributed by atoms with Gasteiger partial charge in [0.1, 0.15) is 11.2 Å². The van der Waals surface area contributed by atoms with Crippen LogP contribution >= 0.6 is 0 Å². The lowest BCUT2D eigenvalue weighted by Gasteiger charge is -2.34. The third-order valence-corrected chi connectivity index (χ3v) is 6.13. The molecule has 2 fully saturated rings. The molecule has 2 aromatic heterocycles. The first kappa shape index (κ1) is 25.8. The van der Waals surface area contributed by atoms with Gasteiger partial charge >= 0.3 is 6.18 Å². The highest BCUT2D eigenvalue weighted by molar-refractivity contribution is 5.76. The first-order valence-electron chi connectivity index (χ1n) is 11.6. The molecule has 0 spiro atoms.